The first-order chi connectivity index (χ1) is 9.69. The third-order valence-electron chi connectivity index (χ3n) is 2.81. The first-order valence-corrected chi connectivity index (χ1v) is 6.59. The van der Waals surface area contributed by atoms with Crippen LogP contribution in [0.5, 0.6) is 0 Å². The lowest BCUT2D eigenvalue weighted by atomic mass is 10.2. The predicted octanol–water partition coefficient (Wildman–Crippen LogP) is 2.33. The van der Waals surface area contributed by atoms with Crippen LogP contribution in [0.3, 0.4) is 0 Å². The minimum absolute atomic E-state index is 0.254. The van der Waals surface area contributed by atoms with Crippen LogP contribution in [0, 0.1) is 11.3 Å². The van der Waals surface area contributed by atoms with Crippen molar-refractivity contribution in [1.82, 2.24) is 10.2 Å². The van der Waals surface area contributed by atoms with Gasteiger partial charge in [0.15, 0.2) is 5.69 Å². The molecule has 0 fully saturated rings. The van der Waals surface area contributed by atoms with Crippen LogP contribution in [0.1, 0.15) is 16.1 Å². The van der Waals surface area contributed by atoms with E-state index >= 15 is 0 Å². The van der Waals surface area contributed by atoms with E-state index in [0.29, 0.717) is 21.6 Å². The lowest BCUT2D eigenvalue weighted by Gasteiger charge is -2.01. The largest absolute Gasteiger partial charge is 0.399 e. The van der Waals surface area contributed by atoms with Gasteiger partial charge in [-0.25, -0.2) is 0 Å². The van der Waals surface area contributed by atoms with Gasteiger partial charge in [0, 0.05) is 11.1 Å². The van der Waals surface area contributed by atoms with E-state index in [1.54, 1.807) is 29.6 Å². The highest BCUT2D eigenvalue weighted by Gasteiger charge is 2.16. The standard InChI is InChI=1S/C13H9N5OS/c14-6-7-3-4-20-13(7)16-12(19)11-9-5-8(15)1-2-10(9)17-18-11/h1-5H,15H2,(H,16,19)(H,17,18). The van der Waals surface area contributed by atoms with Crippen LogP contribution in [0.2, 0.25) is 0 Å². The van der Waals surface area contributed by atoms with Crippen molar-refractivity contribution in [3.63, 3.8) is 0 Å². The molecule has 3 rings (SSSR count). The number of nitrogens with one attached hydrogen (secondary N) is 2. The number of hydrogen-bond donors (Lipinski definition) is 3. The molecule has 2 aromatic heterocycles. The highest BCUT2D eigenvalue weighted by molar-refractivity contribution is 7.14. The fraction of sp³-hybridized carbons (Fsp3) is 0. The third kappa shape index (κ3) is 1.98. The molecule has 0 aliphatic carbocycles. The van der Waals surface area contributed by atoms with Crippen LogP contribution < -0.4 is 11.1 Å². The van der Waals surface area contributed by atoms with Crippen molar-refractivity contribution in [3.05, 3.63) is 40.9 Å². The number of anilines is 2. The number of aromatic nitrogens is 2. The van der Waals surface area contributed by atoms with Crippen LogP contribution in [0.4, 0.5) is 10.7 Å². The molecule has 0 unspecified atom stereocenters. The van der Waals surface area contributed by atoms with Crippen molar-refractivity contribution in [1.29, 1.82) is 5.26 Å². The molecule has 0 bridgehead atoms. The highest BCUT2D eigenvalue weighted by Crippen LogP contribution is 2.24. The molecule has 0 saturated heterocycles. The molecular formula is C13H9N5OS. The smallest absolute Gasteiger partial charge is 0.277 e. The Morgan fingerprint density at radius 1 is 1.45 bits per heavy atom. The topological polar surface area (TPSA) is 108 Å². The minimum atomic E-state index is -0.374. The molecule has 0 saturated carbocycles. The summed E-state index contributed by atoms with van der Waals surface area (Å²) < 4.78 is 0. The fourth-order valence-electron chi connectivity index (χ4n) is 1.86. The van der Waals surface area contributed by atoms with Crippen molar-refractivity contribution in [2.45, 2.75) is 0 Å². The number of aromatic amines is 1. The molecule has 0 aliphatic rings. The molecule has 20 heavy (non-hydrogen) atoms. The van der Waals surface area contributed by atoms with Crippen molar-refractivity contribution in [3.8, 4) is 6.07 Å². The van der Waals surface area contributed by atoms with E-state index in [4.69, 9.17) is 11.0 Å². The van der Waals surface area contributed by atoms with Gasteiger partial charge < -0.3 is 11.1 Å². The fourth-order valence-corrected chi connectivity index (χ4v) is 2.59. The number of nitrogens with zero attached hydrogens (tertiary/aromatic N) is 2. The molecule has 0 aliphatic heterocycles. The lowest BCUT2D eigenvalue weighted by Crippen LogP contribution is -2.12. The summed E-state index contributed by atoms with van der Waals surface area (Å²) in [6, 6.07) is 8.86. The molecule has 3 aromatic rings. The molecular weight excluding hydrogens is 274 g/mol. The number of carbonyl (C=O) groups is 1. The molecule has 1 amide bonds. The quantitative estimate of drug-likeness (QED) is 0.627. The third-order valence-corrected chi connectivity index (χ3v) is 3.64. The van der Waals surface area contributed by atoms with Crippen molar-refractivity contribution in [2.75, 3.05) is 11.1 Å². The van der Waals surface area contributed by atoms with Crippen molar-refractivity contribution in [2.24, 2.45) is 0 Å². The van der Waals surface area contributed by atoms with Gasteiger partial charge in [0.2, 0.25) is 0 Å². The maximum absolute atomic E-state index is 12.2. The van der Waals surface area contributed by atoms with Gasteiger partial charge in [-0.15, -0.1) is 11.3 Å². The molecule has 7 heteroatoms. The summed E-state index contributed by atoms with van der Waals surface area (Å²) in [5, 5.41) is 21.3. The lowest BCUT2D eigenvalue weighted by molar-refractivity contribution is 0.102. The number of carbonyl (C=O) groups excluding carboxylic acids is 1. The summed E-state index contributed by atoms with van der Waals surface area (Å²) in [5.41, 5.74) is 7.70. The zero-order valence-corrected chi connectivity index (χ0v) is 11.0. The summed E-state index contributed by atoms with van der Waals surface area (Å²) >= 11 is 1.29. The number of rotatable bonds is 2. The number of nitriles is 1. The average molecular weight is 283 g/mol. The second-order valence-corrected chi connectivity index (χ2v) is 5.02. The van der Waals surface area contributed by atoms with Crippen LogP contribution in [0.25, 0.3) is 10.9 Å². The number of amides is 1. The van der Waals surface area contributed by atoms with Gasteiger partial charge in [-0.3, -0.25) is 9.89 Å². The first kappa shape index (κ1) is 12.2. The van der Waals surface area contributed by atoms with Crippen LogP contribution in [-0.4, -0.2) is 16.1 Å². The number of H-pyrrole nitrogens is 1. The Bertz CT molecular complexity index is 842. The Morgan fingerprint density at radius 3 is 3.10 bits per heavy atom. The zero-order valence-electron chi connectivity index (χ0n) is 10.2. The minimum Gasteiger partial charge on any atom is -0.399 e. The highest BCUT2D eigenvalue weighted by atomic mass is 32.1. The zero-order chi connectivity index (χ0) is 14.1. The number of hydrogen-bond acceptors (Lipinski definition) is 5. The summed E-state index contributed by atoms with van der Waals surface area (Å²) in [6.07, 6.45) is 0. The Morgan fingerprint density at radius 2 is 2.30 bits per heavy atom. The second-order valence-electron chi connectivity index (χ2n) is 4.11. The van der Waals surface area contributed by atoms with Crippen LogP contribution in [-0.2, 0) is 0 Å². The number of thiophene rings is 1. The number of benzene rings is 1. The van der Waals surface area contributed by atoms with E-state index < -0.39 is 0 Å². The number of fused-ring (bicyclic) bond motifs is 1. The molecule has 0 spiro atoms. The summed E-state index contributed by atoms with van der Waals surface area (Å²) in [4.78, 5) is 12.2. The normalized spacial score (nSPS) is 10.3. The van der Waals surface area contributed by atoms with Gasteiger partial charge in [0.05, 0.1) is 11.1 Å². The first-order valence-electron chi connectivity index (χ1n) is 5.71. The molecule has 0 radical (unpaired) electrons. The van der Waals surface area contributed by atoms with E-state index in [1.807, 2.05) is 6.07 Å². The number of nitrogens with two attached hydrogens (primary N) is 1. The molecule has 98 valence electrons. The Hall–Kier alpha value is -2.85. The maximum Gasteiger partial charge on any atom is 0.277 e. The van der Waals surface area contributed by atoms with Crippen molar-refractivity contribution < 1.29 is 4.79 Å². The van der Waals surface area contributed by atoms with E-state index in [1.165, 1.54) is 11.3 Å². The average Bonchev–Trinajstić information content (AvgIpc) is 3.04. The van der Waals surface area contributed by atoms with Gasteiger partial charge in [-0.2, -0.15) is 10.4 Å². The Kier molecular flexibility index (Phi) is 2.85. The molecule has 2 heterocycles. The summed E-state index contributed by atoms with van der Waals surface area (Å²) in [7, 11) is 0. The Balaban J connectivity index is 1.97. The van der Waals surface area contributed by atoms with Crippen LogP contribution in [0.15, 0.2) is 29.6 Å². The Labute approximate surface area is 117 Å². The summed E-state index contributed by atoms with van der Waals surface area (Å²) in [5.74, 6) is -0.374. The monoisotopic (exact) mass is 283 g/mol. The van der Waals surface area contributed by atoms with E-state index in [9.17, 15) is 4.79 Å². The maximum atomic E-state index is 12.2. The number of nitrogen functional groups attached to an aromatic ring is 1. The molecule has 0 atom stereocenters. The van der Waals surface area contributed by atoms with Gasteiger partial charge in [-0.1, -0.05) is 0 Å². The van der Waals surface area contributed by atoms with Gasteiger partial charge in [-0.05, 0) is 29.6 Å². The summed E-state index contributed by atoms with van der Waals surface area (Å²) in [6.45, 7) is 0. The SMILES string of the molecule is N#Cc1ccsc1NC(=O)c1n[nH]c2ccc(N)cc12. The predicted molar refractivity (Wildman–Crippen MR) is 77.5 cm³/mol. The van der Waals surface area contributed by atoms with E-state index in [2.05, 4.69) is 15.5 Å². The molecule has 4 N–H and O–H groups in total. The molecule has 6 nitrogen and oxygen atoms in total. The van der Waals surface area contributed by atoms with Gasteiger partial charge in [0.1, 0.15) is 11.1 Å². The van der Waals surface area contributed by atoms with Gasteiger partial charge in [0.25, 0.3) is 5.91 Å². The molecule has 1 aromatic carbocycles. The van der Waals surface area contributed by atoms with Crippen LogP contribution >= 0.6 is 11.3 Å². The second kappa shape index (κ2) is 4.68. The van der Waals surface area contributed by atoms with Crippen molar-refractivity contribution >= 4 is 38.8 Å². The van der Waals surface area contributed by atoms with E-state index in [-0.39, 0.29) is 11.6 Å². The van der Waals surface area contributed by atoms with E-state index in [0.717, 1.165) is 5.52 Å². The van der Waals surface area contributed by atoms with Gasteiger partial charge >= 0.3 is 0 Å².